The molecule has 0 heterocycles. The Morgan fingerprint density at radius 3 is 2.38 bits per heavy atom. The fraction of sp³-hybridized carbons (Fsp3) is 0.381. The van der Waals surface area contributed by atoms with Gasteiger partial charge in [-0.3, -0.25) is 4.79 Å². The predicted octanol–water partition coefficient (Wildman–Crippen LogP) is 4.25. The van der Waals surface area contributed by atoms with E-state index in [0.29, 0.717) is 12.5 Å². The van der Waals surface area contributed by atoms with Gasteiger partial charge < -0.3 is 15.8 Å². The molecule has 0 aromatic heterocycles. The molecule has 0 spiro atoms. The van der Waals surface area contributed by atoms with Gasteiger partial charge in [-0.2, -0.15) is 0 Å². The Labute approximate surface area is 162 Å². The van der Waals surface area contributed by atoms with Crippen LogP contribution < -0.4 is 15.8 Å². The first-order chi connectivity index (χ1) is 11.9. The van der Waals surface area contributed by atoms with Crippen LogP contribution in [0.25, 0.3) is 0 Å². The zero-order chi connectivity index (χ0) is 18.4. The Balaban J connectivity index is 0.00000338. The van der Waals surface area contributed by atoms with Crippen LogP contribution in [0.2, 0.25) is 0 Å². The summed E-state index contributed by atoms with van der Waals surface area (Å²) in [4.78, 5) is 12.3. The lowest BCUT2D eigenvalue weighted by molar-refractivity contribution is -0.127. The van der Waals surface area contributed by atoms with Crippen molar-refractivity contribution in [1.82, 2.24) is 5.32 Å². The highest BCUT2D eigenvalue weighted by atomic mass is 35.5. The molecule has 0 radical (unpaired) electrons. The Kier molecular flexibility index (Phi) is 8.46. The van der Waals surface area contributed by atoms with E-state index in [9.17, 15) is 4.79 Å². The van der Waals surface area contributed by atoms with Crippen LogP contribution in [0.4, 0.5) is 5.69 Å². The van der Waals surface area contributed by atoms with E-state index >= 15 is 0 Å². The lowest BCUT2D eigenvalue weighted by Gasteiger charge is -2.18. The van der Waals surface area contributed by atoms with Crippen molar-refractivity contribution < 1.29 is 9.53 Å². The molecule has 0 saturated heterocycles. The molecule has 1 atom stereocenters. The lowest BCUT2D eigenvalue weighted by Crippen LogP contribution is -2.37. The van der Waals surface area contributed by atoms with E-state index in [1.165, 1.54) is 5.56 Å². The van der Waals surface area contributed by atoms with Crippen molar-refractivity contribution in [1.29, 1.82) is 0 Å². The number of rotatable bonds is 7. The number of hydrogen-bond donors (Lipinski definition) is 2. The first-order valence-electron chi connectivity index (χ1n) is 8.76. The Morgan fingerprint density at radius 2 is 1.77 bits per heavy atom. The van der Waals surface area contributed by atoms with Crippen LogP contribution in [0, 0.1) is 6.92 Å². The maximum absolute atomic E-state index is 12.3. The van der Waals surface area contributed by atoms with Crippen molar-refractivity contribution in [3.8, 4) is 5.75 Å². The maximum Gasteiger partial charge on any atom is 0.260 e. The van der Waals surface area contributed by atoms with Gasteiger partial charge in [0.15, 0.2) is 6.10 Å². The van der Waals surface area contributed by atoms with Crippen molar-refractivity contribution in [2.24, 2.45) is 0 Å². The third kappa shape index (κ3) is 6.26. The topological polar surface area (TPSA) is 64.3 Å². The number of ether oxygens (including phenoxy) is 1. The van der Waals surface area contributed by atoms with Gasteiger partial charge in [-0.15, -0.1) is 12.4 Å². The van der Waals surface area contributed by atoms with Crippen molar-refractivity contribution in [2.75, 3.05) is 12.3 Å². The third-order valence-corrected chi connectivity index (χ3v) is 4.24. The molecule has 0 aliphatic heterocycles. The summed E-state index contributed by atoms with van der Waals surface area (Å²) in [5.74, 6) is 1.09. The van der Waals surface area contributed by atoms with E-state index < -0.39 is 6.10 Å². The van der Waals surface area contributed by atoms with Gasteiger partial charge in [0.25, 0.3) is 5.91 Å². The first kappa shape index (κ1) is 21.8. The molecular formula is C21H29ClN2O2. The number of aryl methyl sites for hydroxylation is 1. The standard InChI is InChI=1S/C21H28N2O2.ClH/c1-14(2)18-8-5-15(3)20(13-18)25-16(4)21(24)23-12-11-17-6-9-19(22)10-7-17;/h5-10,13-14,16H,11-12,22H2,1-4H3,(H,23,24);1H. The van der Waals surface area contributed by atoms with Crippen LogP contribution in [0.5, 0.6) is 5.75 Å². The van der Waals surface area contributed by atoms with Gasteiger partial charge in [0.05, 0.1) is 0 Å². The number of nitrogen functional groups attached to an aromatic ring is 1. The number of anilines is 1. The summed E-state index contributed by atoms with van der Waals surface area (Å²) in [5, 5.41) is 2.93. The summed E-state index contributed by atoms with van der Waals surface area (Å²) >= 11 is 0. The minimum absolute atomic E-state index is 0. The van der Waals surface area contributed by atoms with Crippen LogP contribution in [0.3, 0.4) is 0 Å². The third-order valence-electron chi connectivity index (χ3n) is 4.24. The molecule has 0 aliphatic rings. The predicted molar refractivity (Wildman–Crippen MR) is 110 cm³/mol. The quantitative estimate of drug-likeness (QED) is 0.710. The summed E-state index contributed by atoms with van der Waals surface area (Å²) in [7, 11) is 0. The van der Waals surface area contributed by atoms with Gasteiger partial charge in [-0.1, -0.05) is 38.1 Å². The molecule has 0 bridgehead atoms. The number of carbonyl (C=O) groups is 1. The molecule has 2 aromatic carbocycles. The molecule has 5 heteroatoms. The number of benzene rings is 2. The first-order valence-corrected chi connectivity index (χ1v) is 8.76. The number of nitrogens with two attached hydrogens (primary N) is 1. The van der Waals surface area contributed by atoms with Crippen molar-refractivity contribution in [2.45, 2.75) is 46.1 Å². The molecule has 2 aromatic rings. The van der Waals surface area contributed by atoms with E-state index in [2.05, 4.69) is 25.2 Å². The Morgan fingerprint density at radius 1 is 1.12 bits per heavy atom. The normalized spacial score (nSPS) is 11.6. The highest BCUT2D eigenvalue weighted by Crippen LogP contribution is 2.25. The van der Waals surface area contributed by atoms with E-state index in [-0.39, 0.29) is 18.3 Å². The second-order valence-corrected chi connectivity index (χ2v) is 6.72. The van der Waals surface area contributed by atoms with Crippen LogP contribution >= 0.6 is 12.4 Å². The molecule has 2 rings (SSSR count). The van der Waals surface area contributed by atoms with Gasteiger partial charge in [0.2, 0.25) is 0 Å². The van der Waals surface area contributed by atoms with E-state index in [0.717, 1.165) is 29.0 Å². The number of halogens is 1. The van der Waals surface area contributed by atoms with Gasteiger partial charge in [-0.05, 0) is 61.1 Å². The van der Waals surface area contributed by atoms with E-state index in [1.807, 2.05) is 43.3 Å². The fourth-order valence-electron chi connectivity index (χ4n) is 2.50. The number of amides is 1. The fourth-order valence-corrected chi connectivity index (χ4v) is 2.50. The van der Waals surface area contributed by atoms with E-state index in [4.69, 9.17) is 10.5 Å². The van der Waals surface area contributed by atoms with Gasteiger partial charge in [-0.25, -0.2) is 0 Å². The van der Waals surface area contributed by atoms with Crippen LogP contribution in [-0.4, -0.2) is 18.6 Å². The second kappa shape index (κ2) is 10.1. The second-order valence-electron chi connectivity index (χ2n) is 6.72. The molecule has 4 nitrogen and oxygen atoms in total. The molecule has 1 amide bonds. The average Bonchev–Trinajstić information content (AvgIpc) is 2.58. The summed E-state index contributed by atoms with van der Waals surface area (Å²) < 4.78 is 5.89. The minimum atomic E-state index is -0.535. The van der Waals surface area contributed by atoms with Crippen molar-refractivity contribution >= 4 is 24.0 Å². The minimum Gasteiger partial charge on any atom is -0.481 e. The van der Waals surface area contributed by atoms with E-state index in [1.54, 1.807) is 6.92 Å². The summed E-state index contributed by atoms with van der Waals surface area (Å²) in [6, 6.07) is 13.9. The molecule has 142 valence electrons. The molecule has 26 heavy (non-hydrogen) atoms. The SMILES string of the molecule is Cc1ccc(C(C)C)cc1OC(C)C(=O)NCCc1ccc(N)cc1.Cl. The molecule has 0 aliphatic carbocycles. The monoisotopic (exact) mass is 376 g/mol. The molecular weight excluding hydrogens is 348 g/mol. The van der Waals surface area contributed by atoms with Crippen LogP contribution in [0.1, 0.15) is 43.4 Å². The summed E-state index contributed by atoms with van der Waals surface area (Å²) in [5.41, 5.74) is 9.80. The van der Waals surface area contributed by atoms with Crippen LogP contribution in [0.15, 0.2) is 42.5 Å². The highest BCUT2D eigenvalue weighted by molar-refractivity contribution is 5.85. The summed E-state index contributed by atoms with van der Waals surface area (Å²) in [6.45, 7) is 8.62. The van der Waals surface area contributed by atoms with Crippen LogP contribution in [-0.2, 0) is 11.2 Å². The average molecular weight is 377 g/mol. The number of carbonyl (C=O) groups excluding carboxylic acids is 1. The van der Waals surface area contributed by atoms with Crippen molar-refractivity contribution in [3.05, 3.63) is 59.2 Å². The highest BCUT2D eigenvalue weighted by Gasteiger charge is 2.16. The zero-order valence-corrected chi connectivity index (χ0v) is 16.7. The number of nitrogens with one attached hydrogen (secondary N) is 1. The Hall–Kier alpha value is -2.20. The summed E-state index contributed by atoms with van der Waals surface area (Å²) in [6.07, 6.45) is 0.230. The zero-order valence-electron chi connectivity index (χ0n) is 15.9. The lowest BCUT2D eigenvalue weighted by atomic mass is 10.0. The van der Waals surface area contributed by atoms with Gasteiger partial charge >= 0.3 is 0 Å². The van der Waals surface area contributed by atoms with Crippen molar-refractivity contribution in [3.63, 3.8) is 0 Å². The Bertz CT molecular complexity index is 714. The molecule has 3 N–H and O–H groups in total. The smallest absolute Gasteiger partial charge is 0.260 e. The molecule has 1 unspecified atom stereocenters. The van der Waals surface area contributed by atoms with Gasteiger partial charge in [0, 0.05) is 12.2 Å². The number of hydrogen-bond acceptors (Lipinski definition) is 3. The van der Waals surface area contributed by atoms with Gasteiger partial charge in [0.1, 0.15) is 5.75 Å². The maximum atomic E-state index is 12.3. The molecule has 0 fully saturated rings. The molecule has 0 saturated carbocycles. The largest absolute Gasteiger partial charge is 0.481 e.